The van der Waals surface area contributed by atoms with E-state index in [4.69, 9.17) is 42.6 Å². The third-order valence-corrected chi connectivity index (χ3v) is 5.79. The predicted octanol–water partition coefficient (Wildman–Crippen LogP) is 1.79. The van der Waals surface area contributed by atoms with Gasteiger partial charge in [0.15, 0.2) is 6.29 Å². The van der Waals surface area contributed by atoms with Crippen LogP contribution in [0.4, 0.5) is 0 Å². The summed E-state index contributed by atoms with van der Waals surface area (Å²) in [5.41, 5.74) is -0.619. The molecule has 2 saturated heterocycles. The molecule has 1 atom stereocenters. The van der Waals surface area contributed by atoms with Crippen LogP contribution in [-0.2, 0) is 42.6 Å². The lowest BCUT2D eigenvalue weighted by atomic mass is 10.1. The van der Waals surface area contributed by atoms with E-state index in [9.17, 15) is 0 Å². The largest absolute Gasteiger partial charge is 0.377 e. The first-order valence-electron chi connectivity index (χ1n) is 11.2. The summed E-state index contributed by atoms with van der Waals surface area (Å²) in [7, 11) is 0. The van der Waals surface area contributed by atoms with E-state index in [0.717, 1.165) is 25.9 Å². The lowest BCUT2D eigenvalue weighted by molar-refractivity contribution is -0.185. The Morgan fingerprint density at radius 3 is 1.61 bits per heavy atom. The Morgan fingerprint density at radius 1 is 0.645 bits per heavy atom. The Labute approximate surface area is 194 Å². The first kappa shape index (κ1) is 27.4. The highest BCUT2D eigenvalue weighted by atomic mass is 79.9. The molecular weight excluding hydrogens is 476 g/mol. The molecule has 0 spiro atoms. The third kappa shape index (κ3) is 13.4. The highest BCUT2D eigenvalue weighted by Crippen LogP contribution is 2.18. The van der Waals surface area contributed by atoms with Crippen LogP contribution in [0.5, 0.6) is 0 Å². The van der Waals surface area contributed by atoms with Crippen LogP contribution < -0.4 is 0 Å². The number of rotatable bonds is 6. The standard InChI is InChI=1S/C21H39BrO9/c22-17-21(31-16-15-30-20-3-1-2-4-29-20)18-27-13-11-25-9-7-23-5-6-24-8-10-26-12-14-28-19-21/h20H,1-19H2. The van der Waals surface area contributed by atoms with E-state index >= 15 is 0 Å². The van der Waals surface area contributed by atoms with Gasteiger partial charge in [-0.2, -0.15) is 0 Å². The van der Waals surface area contributed by atoms with Crippen LogP contribution in [-0.4, -0.2) is 116 Å². The second-order valence-electron chi connectivity index (χ2n) is 7.39. The van der Waals surface area contributed by atoms with E-state index in [2.05, 4.69) is 15.9 Å². The fraction of sp³-hybridized carbons (Fsp3) is 1.00. The zero-order valence-electron chi connectivity index (χ0n) is 18.6. The molecule has 0 aromatic carbocycles. The van der Waals surface area contributed by atoms with Crippen molar-refractivity contribution >= 4 is 15.9 Å². The molecule has 2 aliphatic heterocycles. The Hall–Kier alpha value is 0.120. The van der Waals surface area contributed by atoms with E-state index in [0.29, 0.717) is 97.8 Å². The molecule has 2 heterocycles. The topological polar surface area (TPSA) is 83.1 Å². The second kappa shape index (κ2) is 18.5. The highest BCUT2D eigenvalue weighted by Gasteiger charge is 2.31. The Kier molecular flexibility index (Phi) is 16.4. The molecule has 2 rings (SSSR count). The summed E-state index contributed by atoms with van der Waals surface area (Å²) in [5.74, 6) is 0. The molecule has 1 unspecified atom stereocenters. The van der Waals surface area contributed by atoms with Gasteiger partial charge >= 0.3 is 0 Å². The molecule has 0 radical (unpaired) electrons. The maximum Gasteiger partial charge on any atom is 0.157 e. The average molecular weight is 515 g/mol. The van der Waals surface area contributed by atoms with Crippen LogP contribution in [0.25, 0.3) is 0 Å². The summed E-state index contributed by atoms with van der Waals surface area (Å²) < 4.78 is 51.2. The van der Waals surface area contributed by atoms with Crippen molar-refractivity contribution < 1.29 is 42.6 Å². The SMILES string of the molecule is BrCC1(OCCOC2CCCCO2)COCCOCCOCCOCCOCCOC1. The summed E-state index contributed by atoms with van der Waals surface area (Å²) in [4.78, 5) is 0. The minimum absolute atomic E-state index is 0.124. The van der Waals surface area contributed by atoms with Crippen molar-refractivity contribution in [1.29, 1.82) is 0 Å². The zero-order chi connectivity index (χ0) is 21.9. The van der Waals surface area contributed by atoms with Gasteiger partial charge in [-0.3, -0.25) is 0 Å². The van der Waals surface area contributed by atoms with Crippen LogP contribution in [0.2, 0.25) is 0 Å². The quantitative estimate of drug-likeness (QED) is 0.389. The molecule has 0 aliphatic carbocycles. The number of ether oxygens (including phenoxy) is 9. The molecular formula is C21H39BrO9. The van der Waals surface area contributed by atoms with E-state index in [1.165, 1.54) is 0 Å². The van der Waals surface area contributed by atoms with Gasteiger partial charge in [-0.15, -0.1) is 0 Å². The maximum atomic E-state index is 6.17. The average Bonchev–Trinajstić information content (AvgIpc) is 2.81. The van der Waals surface area contributed by atoms with E-state index in [1.807, 2.05) is 0 Å². The normalized spacial score (nSPS) is 26.4. The van der Waals surface area contributed by atoms with Crippen LogP contribution in [0.3, 0.4) is 0 Å². The van der Waals surface area contributed by atoms with Crippen LogP contribution in [0.1, 0.15) is 19.3 Å². The molecule has 10 heteroatoms. The lowest BCUT2D eigenvalue weighted by Crippen LogP contribution is -2.46. The monoisotopic (exact) mass is 514 g/mol. The summed E-state index contributed by atoms with van der Waals surface area (Å²) in [6.45, 7) is 7.56. The molecule has 0 amide bonds. The highest BCUT2D eigenvalue weighted by molar-refractivity contribution is 9.09. The molecule has 2 fully saturated rings. The molecule has 0 bridgehead atoms. The second-order valence-corrected chi connectivity index (χ2v) is 7.95. The molecule has 2 aliphatic rings. The fourth-order valence-corrected chi connectivity index (χ4v) is 3.52. The van der Waals surface area contributed by atoms with Gasteiger partial charge in [0.25, 0.3) is 0 Å². The minimum Gasteiger partial charge on any atom is -0.377 e. The molecule has 0 N–H and O–H groups in total. The number of hydrogen-bond donors (Lipinski definition) is 0. The van der Waals surface area contributed by atoms with E-state index in [1.54, 1.807) is 0 Å². The Balaban J connectivity index is 1.74. The van der Waals surface area contributed by atoms with Crippen molar-refractivity contribution in [2.75, 3.05) is 104 Å². The van der Waals surface area contributed by atoms with Crippen molar-refractivity contribution in [3.05, 3.63) is 0 Å². The number of halogens is 1. The minimum atomic E-state index is -0.619. The molecule has 9 nitrogen and oxygen atoms in total. The third-order valence-electron chi connectivity index (χ3n) is 4.77. The van der Waals surface area contributed by atoms with Crippen molar-refractivity contribution in [2.45, 2.75) is 31.2 Å². The van der Waals surface area contributed by atoms with E-state index < -0.39 is 5.60 Å². The molecule has 0 aromatic heterocycles. The van der Waals surface area contributed by atoms with E-state index in [-0.39, 0.29) is 6.29 Å². The van der Waals surface area contributed by atoms with Gasteiger partial charge in [0.05, 0.1) is 92.5 Å². The van der Waals surface area contributed by atoms with Gasteiger partial charge in [0.1, 0.15) is 5.60 Å². The summed E-state index contributed by atoms with van der Waals surface area (Å²) in [6.07, 6.45) is 3.06. The van der Waals surface area contributed by atoms with Crippen molar-refractivity contribution in [3.8, 4) is 0 Å². The van der Waals surface area contributed by atoms with Gasteiger partial charge in [-0.1, -0.05) is 15.9 Å². The summed E-state index contributed by atoms with van der Waals surface area (Å²) >= 11 is 3.57. The lowest BCUT2D eigenvalue weighted by Gasteiger charge is -2.32. The van der Waals surface area contributed by atoms with Crippen molar-refractivity contribution in [2.24, 2.45) is 0 Å². The van der Waals surface area contributed by atoms with Crippen LogP contribution >= 0.6 is 15.9 Å². The number of hydrogen-bond acceptors (Lipinski definition) is 9. The molecule has 184 valence electrons. The predicted molar refractivity (Wildman–Crippen MR) is 117 cm³/mol. The smallest absolute Gasteiger partial charge is 0.157 e. The first-order valence-corrected chi connectivity index (χ1v) is 12.4. The Bertz CT molecular complexity index is 390. The maximum absolute atomic E-state index is 6.17. The summed E-state index contributed by atoms with van der Waals surface area (Å²) in [5, 5.41) is 0.573. The van der Waals surface area contributed by atoms with Gasteiger partial charge in [-0.25, -0.2) is 0 Å². The molecule has 0 aromatic rings. The van der Waals surface area contributed by atoms with Gasteiger partial charge < -0.3 is 42.6 Å². The van der Waals surface area contributed by atoms with Crippen LogP contribution in [0.15, 0.2) is 0 Å². The summed E-state index contributed by atoms with van der Waals surface area (Å²) in [6, 6.07) is 0. The number of alkyl halides is 1. The molecule has 31 heavy (non-hydrogen) atoms. The Morgan fingerprint density at radius 2 is 1.16 bits per heavy atom. The van der Waals surface area contributed by atoms with Gasteiger partial charge in [0.2, 0.25) is 0 Å². The zero-order valence-corrected chi connectivity index (χ0v) is 20.2. The van der Waals surface area contributed by atoms with Gasteiger partial charge in [-0.05, 0) is 19.3 Å². The van der Waals surface area contributed by atoms with Gasteiger partial charge in [0, 0.05) is 11.9 Å². The molecule has 0 saturated carbocycles. The van der Waals surface area contributed by atoms with Crippen LogP contribution in [0, 0.1) is 0 Å². The van der Waals surface area contributed by atoms with Crippen molar-refractivity contribution in [1.82, 2.24) is 0 Å². The fourth-order valence-electron chi connectivity index (χ4n) is 3.03. The van der Waals surface area contributed by atoms with Crippen molar-refractivity contribution in [3.63, 3.8) is 0 Å². The first-order chi connectivity index (χ1) is 15.3.